The van der Waals surface area contributed by atoms with Gasteiger partial charge in [0, 0.05) is 6.20 Å². The summed E-state index contributed by atoms with van der Waals surface area (Å²) in [4.78, 5) is 4.02. The second-order valence-corrected chi connectivity index (χ2v) is 6.87. The van der Waals surface area contributed by atoms with Crippen molar-refractivity contribution in [3.8, 4) is 0 Å². The molecule has 0 aliphatic rings. The number of halogens is 1. The van der Waals surface area contributed by atoms with Gasteiger partial charge in [-0.1, -0.05) is 95.6 Å². The molecule has 0 aliphatic heterocycles. The van der Waals surface area contributed by atoms with Gasteiger partial charge in [0.05, 0.1) is 0 Å². The predicted octanol–water partition coefficient (Wildman–Crippen LogP) is 7.37. The molecule has 0 fully saturated rings. The molecule has 2 heteroatoms. The third kappa shape index (κ3) is 11.1. The zero-order valence-electron chi connectivity index (χ0n) is 14.5. The van der Waals surface area contributed by atoms with Crippen LogP contribution in [0.5, 0.6) is 0 Å². The van der Waals surface area contributed by atoms with E-state index >= 15 is 0 Å². The highest BCUT2D eigenvalue weighted by molar-refractivity contribution is 6.29. The summed E-state index contributed by atoms with van der Waals surface area (Å²) in [5, 5.41) is 0.618. The van der Waals surface area contributed by atoms with Crippen LogP contribution in [0.25, 0.3) is 0 Å². The third-order valence-corrected chi connectivity index (χ3v) is 4.57. The molecule has 22 heavy (non-hydrogen) atoms. The van der Waals surface area contributed by atoms with Crippen LogP contribution in [0.15, 0.2) is 18.3 Å². The molecule has 0 saturated carbocycles. The van der Waals surface area contributed by atoms with Crippen LogP contribution in [0.2, 0.25) is 5.15 Å². The summed E-state index contributed by atoms with van der Waals surface area (Å²) in [6.45, 7) is 2.28. The smallest absolute Gasteiger partial charge is 0.129 e. The fourth-order valence-electron chi connectivity index (χ4n) is 2.94. The van der Waals surface area contributed by atoms with Gasteiger partial charge < -0.3 is 0 Å². The van der Waals surface area contributed by atoms with Crippen molar-refractivity contribution in [1.29, 1.82) is 0 Å². The molecule has 0 unspecified atom stereocenters. The van der Waals surface area contributed by atoms with Gasteiger partial charge in [0.2, 0.25) is 0 Å². The molecule has 0 atom stereocenters. The van der Waals surface area contributed by atoms with Gasteiger partial charge >= 0.3 is 0 Å². The van der Waals surface area contributed by atoms with Crippen LogP contribution in [0, 0.1) is 0 Å². The van der Waals surface area contributed by atoms with Gasteiger partial charge in [0.25, 0.3) is 0 Å². The van der Waals surface area contributed by atoms with E-state index in [2.05, 4.69) is 18.0 Å². The molecule has 1 aromatic heterocycles. The van der Waals surface area contributed by atoms with Crippen LogP contribution < -0.4 is 0 Å². The molecule has 0 saturated heterocycles. The Balaban J connectivity index is 1.80. The Bertz CT molecular complexity index is 364. The fourth-order valence-corrected chi connectivity index (χ4v) is 3.14. The SMILES string of the molecule is CCCCCCCCCCCCCCCc1ccnc(Cl)c1. The summed E-state index contributed by atoms with van der Waals surface area (Å²) < 4.78 is 0. The van der Waals surface area contributed by atoms with E-state index in [1.807, 2.05) is 6.07 Å². The molecule has 0 N–H and O–H groups in total. The van der Waals surface area contributed by atoms with Gasteiger partial charge in [-0.3, -0.25) is 0 Å². The molecular weight excluding hydrogens is 290 g/mol. The van der Waals surface area contributed by atoms with E-state index in [9.17, 15) is 0 Å². The summed E-state index contributed by atoms with van der Waals surface area (Å²) in [6, 6.07) is 4.06. The Hall–Kier alpha value is -0.560. The minimum Gasteiger partial charge on any atom is -0.245 e. The summed E-state index contributed by atoms with van der Waals surface area (Å²) in [5.41, 5.74) is 1.32. The molecule has 1 aromatic rings. The van der Waals surface area contributed by atoms with Crippen molar-refractivity contribution in [1.82, 2.24) is 4.98 Å². The standard InChI is InChI=1S/C20H34ClN/c1-2-3-4-5-6-7-8-9-10-11-12-13-14-15-19-16-17-22-20(21)18-19/h16-18H,2-15H2,1H3. The van der Waals surface area contributed by atoms with E-state index in [4.69, 9.17) is 11.6 Å². The molecule has 1 nitrogen and oxygen atoms in total. The highest BCUT2D eigenvalue weighted by Crippen LogP contribution is 2.14. The van der Waals surface area contributed by atoms with Gasteiger partial charge in [0.1, 0.15) is 5.15 Å². The maximum atomic E-state index is 5.89. The molecule has 1 rings (SSSR count). The first-order valence-electron chi connectivity index (χ1n) is 9.43. The molecule has 0 aromatic carbocycles. The van der Waals surface area contributed by atoms with Crippen LogP contribution in [0.4, 0.5) is 0 Å². The van der Waals surface area contributed by atoms with Crippen molar-refractivity contribution >= 4 is 11.6 Å². The van der Waals surface area contributed by atoms with Crippen molar-refractivity contribution in [3.05, 3.63) is 29.0 Å². The van der Waals surface area contributed by atoms with Crippen molar-refractivity contribution in [3.63, 3.8) is 0 Å². The lowest BCUT2D eigenvalue weighted by molar-refractivity contribution is 0.539. The quantitative estimate of drug-likeness (QED) is 0.257. The largest absolute Gasteiger partial charge is 0.245 e. The maximum absolute atomic E-state index is 5.89. The van der Waals surface area contributed by atoms with Gasteiger partial charge in [-0.15, -0.1) is 0 Å². The van der Waals surface area contributed by atoms with Gasteiger partial charge in [0.15, 0.2) is 0 Å². The van der Waals surface area contributed by atoms with E-state index < -0.39 is 0 Å². The summed E-state index contributed by atoms with van der Waals surface area (Å²) >= 11 is 5.89. The molecule has 0 amide bonds. The Kier molecular flexibility index (Phi) is 12.5. The minimum absolute atomic E-state index is 0.618. The van der Waals surface area contributed by atoms with Crippen LogP contribution in [0.1, 0.15) is 96.0 Å². The molecule has 1 heterocycles. The van der Waals surface area contributed by atoms with Crippen LogP contribution in [0.3, 0.4) is 0 Å². The monoisotopic (exact) mass is 323 g/mol. The molecule has 0 bridgehead atoms. The second kappa shape index (κ2) is 14.1. The Morgan fingerprint density at radius 2 is 1.27 bits per heavy atom. The fraction of sp³-hybridized carbons (Fsp3) is 0.750. The Morgan fingerprint density at radius 3 is 1.77 bits per heavy atom. The zero-order valence-corrected chi connectivity index (χ0v) is 15.2. The topological polar surface area (TPSA) is 12.9 Å². The highest BCUT2D eigenvalue weighted by atomic mass is 35.5. The first-order valence-corrected chi connectivity index (χ1v) is 9.81. The zero-order chi connectivity index (χ0) is 15.9. The van der Waals surface area contributed by atoms with E-state index in [1.165, 1.54) is 89.0 Å². The first kappa shape index (κ1) is 19.5. The normalized spacial score (nSPS) is 11.0. The second-order valence-electron chi connectivity index (χ2n) is 6.48. The van der Waals surface area contributed by atoms with Crippen LogP contribution in [-0.4, -0.2) is 4.98 Å². The van der Waals surface area contributed by atoms with Crippen LogP contribution in [-0.2, 0) is 6.42 Å². The Labute approximate surface area is 142 Å². The van der Waals surface area contributed by atoms with Gasteiger partial charge in [-0.25, -0.2) is 4.98 Å². The molecule has 0 aliphatic carbocycles. The number of rotatable bonds is 14. The number of pyridine rings is 1. The van der Waals surface area contributed by atoms with Crippen molar-refractivity contribution in [2.75, 3.05) is 0 Å². The predicted molar refractivity (Wildman–Crippen MR) is 98.6 cm³/mol. The van der Waals surface area contributed by atoms with E-state index in [1.54, 1.807) is 6.20 Å². The summed E-state index contributed by atoms with van der Waals surface area (Å²) in [7, 11) is 0. The van der Waals surface area contributed by atoms with Crippen molar-refractivity contribution in [2.24, 2.45) is 0 Å². The summed E-state index contributed by atoms with van der Waals surface area (Å²) in [5.74, 6) is 0. The lowest BCUT2D eigenvalue weighted by Gasteiger charge is -2.03. The third-order valence-electron chi connectivity index (χ3n) is 4.36. The number of hydrogen-bond donors (Lipinski definition) is 0. The van der Waals surface area contributed by atoms with Crippen molar-refractivity contribution in [2.45, 2.75) is 96.8 Å². The maximum Gasteiger partial charge on any atom is 0.129 e. The number of nitrogens with zero attached hydrogens (tertiary/aromatic N) is 1. The van der Waals surface area contributed by atoms with E-state index in [-0.39, 0.29) is 0 Å². The number of aromatic nitrogens is 1. The molecule has 126 valence electrons. The van der Waals surface area contributed by atoms with E-state index in [0.29, 0.717) is 5.15 Å². The number of unbranched alkanes of at least 4 members (excludes halogenated alkanes) is 12. The average Bonchev–Trinajstić information content (AvgIpc) is 2.52. The minimum atomic E-state index is 0.618. The van der Waals surface area contributed by atoms with Crippen molar-refractivity contribution < 1.29 is 0 Å². The van der Waals surface area contributed by atoms with Gasteiger partial charge in [-0.2, -0.15) is 0 Å². The van der Waals surface area contributed by atoms with E-state index in [0.717, 1.165) is 6.42 Å². The number of hydrogen-bond acceptors (Lipinski definition) is 1. The summed E-state index contributed by atoms with van der Waals surface area (Å²) in [6.07, 6.45) is 21.2. The lowest BCUT2D eigenvalue weighted by atomic mass is 10.0. The first-order chi connectivity index (χ1) is 10.8. The molecular formula is C20H34ClN. The molecule has 0 spiro atoms. The number of aryl methyl sites for hydroxylation is 1. The highest BCUT2D eigenvalue weighted by Gasteiger charge is 1.97. The molecule has 0 radical (unpaired) electrons. The lowest BCUT2D eigenvalue weighted by Crippen LogP contribution is -1.87. The van der Waals surface area contributed by atoms with Gasteiger partial charge in [-0.05, 0) is 30.5 Å². The average molecular weight is 324 g/mol. The Morgan fingerprint density at radius 1 is 0.773 bits per heavy atom. The van der Waals surface area contributed by atoms with Crippen LogP contribution >= 0.6 is 11.6 Å².